The second kappa shape index (κ2) is 4.40. The molecule has 0 aromatic heterocycles. The molecule has 0 aliphatic rings. The highest BCUT2D eigenvalue weighted by Gasteiger charge is 1.73. The maximum absolute atomic E-state index is 3.51. The molecule has 0 saturated carbocycles. The fourth-order valence-corrected chi connectivity index (χ4v) is 0.260. The molecule has 0 fully saturated rings. The molecule has 0 atom stereocenters. The second-order valence-corrected chi connectivity index (χ2v) is 1.62. The zero-order valence-corrected chi connectivity index (χ0v) is 5.39. The van der Waals surface area contributed by atoms with E-state index in [2.05, 4.69) is 12.0 Å². The molecule has 46 valence electrons. The third-order valence-electron chi connectivity index (χ3n) is 0.565. The van der Waals surface area contributed by atoms with Crippen LogP contribution in [0.4, 0.5) is 0 Å². The number of hydrazine groups is 1. The first kappa shape index (κ1) is 7.24. The van der Waals surface area contributed by atoms with Crippen molar-refractivity contribution in [2.45, 2.75) is 0 Å². The van der Waals surface area contributed by atoms with Crippen molar-refractivity contribution in [2.75, 3.05) is 14.1 Å². The molecule has 0 radical (unpaired) electrons. The summed E-state index contributed by atoms with van der Waals surface area (Å²) in [5.74, 6) is 0. The van der Waals surface area contributed by atoms with E-state index >= 15 is 0 Å². The van der Waals surface area contributed by atoms with Crippen molar-refractivity contribution in [2.24, 2.45) is 0 Å². The highest BCUT2D eigenvalue weighted by atomic mass is 15.5. The minimum Gasteiger partial charge on any atom is -0.327 e. The van der Waals surface area contributed by atoms with Gasteiger partial charge in [-0.3, -0.25) is 0 Å². The summed E-state index contributed by atoms with van der Waals surface area (Å²) in [6.07, 6.45) is 5.36. The molecular formula is C6H12N2. The highest BCUT2D eigenvalue weighted by Crippen LogP contribution is 1.67. The maximum atomic E-state index is 3.51. The van der Waals surface area contributed by atoms with Crippen molar-refractivity contribution in [3.05, 3.63) is 24.9 Å². The molecule has 0 aliphatic heterocycles. The molecule has 0 amide bonds. The average molecular weight is 112 g/mol. The summed E-state index contributed by atoms with van der Waals surface area (Å²) in [7, 11) is 3.85. The number of hydrogen-bond donors (Lipinski definition) is 1. The van der Waals surface area contributed by atoms with Crippen LogP contribution in [0.3, 0.4) is 0 Å². The summed E-state index contributed by atoms with van der Waals surface area (Å²) >= 11 is 0. The van der Waals surface area contributed by atoms with Crippen LogP contribution in [-0.4, -0.2) is 19.1 Å². The van der Waals surface area contributed by atoms with Crippen LogP contribution in [0.1, 0.15) is 0 Å². The maximum Gasteiger partial charge on any atom is 0.0127 e. The molecule has 0 spiro atoms. The zero-order valence-electron chi connectivity index (χ0n) is 5.39. The standard InChI is InChI=1S/C6H12N2/c1-4-5-6-7-8(2)3/h4-7H,1H2,2-3H3/b6-5+. The van der Waals surface area contributed by atoms with E-state index in [1.54, 1.807) is 6.08 Å². The van der Waals surface area contributed by atoms with Gasteiger partial charge < -0.3 is 5.43 Å². The third kappa shape index (κ3) is 5.24. The topological polar surface area (TPSA) is 15.3 Å². The van der Waals surface area contributed by atoms with Gasteiger partial charge in [-0.05, 0) is 6.08 Å². The predicted octanol–water partition coefficient (Wildman–Crippen LogP) is 0.752. The lowest BCUT2D eigenvalue weighted by Crippen LogP contribution is -2.24. The van der Waals surface area contributed by atoms with E-state index in [0.717, 1.165) is 0 Å². The fourth-order valence-electron chi connectivity index (χ4n) is 0.260. The first-order chi connectivity index (χ1) is 3.77. The average Bonchev–Trinajstić information content (AvgIpc) is 1.66. The van der Waals surface area contributed by atoms with E-state index in [-0.39, 0.29) is 0 Å². The quantitative estimate of drug-likeness (QED) is 0.428. The van der Waals surface area contributed by atoms with Crippen molar-refractivity contribution < 1.29 is 0 Å². The summed E-state index contributed by atoms with van der Waals surface area (Å²) in [4.78, 5) is 0. The van der Waals surface area contributed by atoms with E-state index in [1.807, 2.05) is 31.4 Å². The van der Waals surface area contributed by atoms with Gasteiger partial charge in [0.2, 0.25) is 0 Å². The van der Waals surface area contributed by atoms with Gasteiger partial charge in [-0.25, -0.2) is 5.01 Å². The normalized spacial score (nSPS) is 10.4. The molecule has 8 heavy (non-hydrogen) atoms. The summed E-state index contributed by atoms with van der Waals surface area (Å²) < 4.78 is 0. The molecule has 2 heteroatoms. The number of nitrogens with zero attached hydrogens (tertiary/aromatic N) is 1. The Morgan fingerprint density at radius 3 is 2.50 bits per heavy atom. The number of hydrogen-bond acceptors (Lipinski definition) is 2. The van der Waals surface area contributed by atoms with Crippen LogP contribution in [0.2, 0.25) is 0 Å². The zero-order chi connectivity index (χ0) is 6.41. The lowest BCUT2D eigenvalue weighted by molar-refractivity contribution is 0.343. The van der Waals surface area contributed by atoms with Gasteiger partial charge in [0.25, 0.3) is 0 Å². The first-order valence-electron chi connectivity index (χ1n) is 2.48. The van der Waals surface area contributed by atoms with E-state index in [9.17, 15) is 0 Å². The Morgan fingerprint density at radius 1 is 1.50 bits per heavy atom. The largest absolute Gasteiger partial charge is 0.327 e. The molecule has 1 N–H and O–H groups in total. The Balaban J connectivity index is 3.15. The lowest BCUT2D eigenvalue weighted by atomic mass is 10.6. The van der Waals surface area contributed by atoms with Crippen molar-refractivity contribution in [3.63, 3.8) is 0 Å². The van der Waals surface area contributed by atoms with Gasteiger partial charge in [0.05, 0.1) is 0 Å². The fraction of sp³-hybridized carbons (Fsp3) is 0.333. The van der Waals surface area contributed by atoms with E-state index in [1.165, 1.54) is 0 Å². The van der Waals surface area contributed by atoms with Crippen molar-refractivity contribution in [1.82, 2.24) is 10.4 Å². The van der Waals surface area contributed by atoms with Gasteiger partial charge in [0.15, 0.2) is 0 Å². The van der Waals surface area contributed by atoms with Crippen LogP contribution in [0.25, 0.3) is 0 Å². The van der Waals surface area contributed by atoms with E-state index in [4.69, 9.17) is 0 Å². The van der Waals surface area contributed by atoms with Crippen LogP contribution in [-0.2, 0) is 0 Å². The smallest absolute Gasteiger partial charge is 0.0127 e. The molecule has 0 rings (SSSR count). The number of allylic oxidation sites excluding steroid dienone is 2. The Bertz CT molecular complexity index is 84.5. The molecular weight excluding hydrogens is 100 g/mol. The summed E-state index contributed by atoms with van der Waals surface area (Å²) in [6, 6.07) is 0. The molecule has 0 heterocycles. The Hall–Kier alpha value is -0.760. The minimum atomic E-state index is 1.72. The number of rotatable bonds is 3. The van der Waals surface area contributed by atoms with E-state index in [0.29, 0.717) is 0 Å². The Labute approximate surface area is 50.5 Å². The molecule has 2 nitrogen and oxygen atoms in total. The molecule has 0 unspecified atom stereocenters. The minimum absolute atomic E-state index is 1.72. The van der Waals surface area contributed by atoms with Crippen LogP contribution < -0.4 is 5.43 Å². The van der Waals surface area contributed by atoms with Crippen molar-refractivity contribution in [1.29, 1.82) is 0 Å². The molecule has 0 bridgehead atoms. The third-order valence-corrected chi connectivity index (χ3v) is 0.565. The van der Waals surface area contributed by atoms with Crippen molar-refractivity contribution in [3.8, 4) is 0 Å². The number of nitrogens with one attached hydrogen (secondary N) is 1. The van der Waals surface area contributed by atoms with Crippen molar-refractivity contribution >= 4 is 0 Å². The van der Waals surface area contributed by atoms with Crippen LogP contribution in [0.5, 0.6) is 0 Å². The van der Waals surface area contributed by atoms with Gasteiger partial charge in [0.1, 0.15) is 0 Å². The molecule has 0 aromatic carbocycles. The first-order valence-corrected chi connectivity index (χ1v) is 2.48. The lowest BCUT2D eigenvalue weighted by Gasteiger charge is -2.06. The van der Waals surface area contributed by atoms with Crippen LogP contribution >= 0.6 is 0 Å². The summed E-state index contributed by atoms with van der Waals surface area (Å²) in [5, 5.41) is 1.85. The van der Waals surface area contributed by atoms with Gasteiger partial charge in [-0.15, -0.1) is 0 Å². The second-order valence-electron chi connectivity index (χ2n) is 1.62. The Kier molecular flexibility index (Phi) is 3.98. The van der Waals surface area contributed by atoms with E-state index < -0.39 is 0 Å². The highest BCUT2D eigenvalue weighted by molar-refractivity contribution is 4.94. The summed E-state index contributed by atoms with van der Waals surface area (Å²) in [6.45, 7) is 3.51. The van der Waals surface area contributed by atoms with Crippen LogP contribution in [0.15, 0.2) is 24.9 Å². The van der Waals surface area contributed by atoms with Crippen LogP contribution in [0, 0.1) is 0 Å². The summed E-state index contributed by atoms with van der Waals surface area (Å²) in [5.41, 5.74) is 2.93. The van der Waals surface area contributed by atoms with Gasteiger partial charge in [-0.2, -0.15) is 0 Å². The van der Waals surface area contributed by atoms with Gasteiger partial charge in [-0.1, -0.05) is 12.7 Å². The SMILES string of the molecule is C=C/C=C/NN(C)C. The van der Waals surface area contributed by atoms with Gasteiger partial charge >= 0.3 is 0 Å². The molecule has 0 aliphatic carbocycles. The molecule has 0 saturated heterocycles. The van der Waals surface area contributed by atoms with Gasteiger partial charge in [0, 0.05) is 20.3 Å². The monoisotopic (exact) mass is 112 g/mol. The predicted molar refractivity (Wildman–Crippen MR) is 36.2 cm³/mol. The Morgan fingerprint density at radius 2 is 2.12 bits per heavy atom. The molecule has 0 aromatic rings.